The van der Waals surface area contributed by atoms with Crippen molar-refractivity contribution in [1.82, 2.24) is 0 Å². The number of aliphatic hydroxyl groups is 2. The molecular weight excluding hydrogens is 208 g/mol. The fourth-order valence-electron chi connectivity index (χ4n) is 1.43. The van der Waals surface area contributed by atoms with Crippen LogP contribution in [0.15, 0.2) is 18.2 Å². The predicted octanol–water partition coefficient (Wildman–Crippen LogP) is 1.51. The Hall–Kier alpha value is -1.26. The van der Waals surface area contributed by atoms with Gasteiger partial charge in [-0.25, -0.2) is 0 Å². The second-order valence-corrected chi connectivity index (χ2v) is 4.16. The maximum Gasteiger partial charge on any atom is 0.125 e. The smallest absolute Gasteiger partial charge is 0.125 e. The minimum absolute atomic E-state index is 0.509. The Balaban J connectivity index is 3.18. The molecular formula is C12H18O4. The highest BCUT2D eigenvalue weighted by Crippen LogP contribution is 2.34. The number of hydrogen-bond donors (Lipinski definition) is 2. The SMILES string of the molecule is COc1ccc(OC)c(C(O)C(C)(C)O)c1. The van der Waals surface area contributed by atoms with Gasteiger partial charge in [0.1, 0.15) is 17.6 Å². The van der Waals surface area contributed by atoms with Crippen molar-refractivity contribution in [2.24, 2.45) is 0 Å². The van der Waals surface area contributed by atoms with Crippen LogP contribution < -0.4 is 9.47 Å². The summed E-state index contributed by atoms with van der Waals surface area (Å²) in [5.41, 5.74) is -0.728. The Labute approximate surface area is 95.4 Å². The molecule has 2 N–H and O–H groups in total. The number of ether oxygens (including phenoxy) is 2. The van der Waals surface area contributed by atoms with Crippen LogP contribution in [-0.4, -0.2) is 30.0 Å². The summed E-state index contributed by atoms with van der Waals surface area (Å²) in [6, 6.07) is 5.09. The molecule has 1 atom stereocenters. The zero-order valence-corrected chi connectivity index (χ0v) is 10.0. The molecule has 16 heavy (non-hydrogen) atoms. The van der Waals surface area contributed by atoms with E-state index < -0.39 is 11.7 Å². The van der Waals surface area contributed by atoms with Crippen LogP contribution in [0.5, 0.6) is 11.5 Å². The number of hydrogen-bond acceptors (Lipinski definition) is 4. The largest absolute Gasteiger partial charge is 0.497 e. The van der Waals surface area contributed by atoms with Crippen LogP contribution in [-0.2, 0) is 0 Å². The van der Waals surface area contributed by atoms with Crippen LogP contribution in [0.2, 0.25) is 0 Å². The van der Waals surface area contributed by atoms with Gasteiger partial charge in [-0.2, -0.15) is 0 Å². The number of aliphatic hydroxyl groups excluding tert-OH is 1. The molecule has 0 saturated heterocycles. The molecule has 0 amide bonds. The van der Waals surface area contributed by atoms with Crippen LogP contribution in [0.25, 0.3) is 0 Å². The molecule has 1 rings (SSSR count). The van der Waals surface area contributed by atoms with Crippen LogP contribution in [0.3, 0.4) is 0 Å². The highest BCUT2D eigenvalue weighted by molar-refractivity contribution is 5.42. The lowest BCUT2D eigenvalue weighted by Gasteiger charge is -2.26. The summed E-state index contributed by atoms with van der Waals surface area (Å²) in [6.45, 7) is 3.08. The van der Waals surface area contributed by atoms with Gasteiger partial charge in [0.25, 0.3) is 0 Å². The van der Waals surface area contributed by atoms with Gasteiger partial charge < -0.3 is 19.7 Å². The summed E-state index contributed by atoms with van der Waals surface area (Å²) in [4.78, 5) is 0. The predicted molar refractivity (Wildman–Crippen MR) is 60.8 cm³/mol. The molecule has 0 aliphatic carbocycles. The van der Waals surface area contributed by atoms with E-state index >= 15 is 0 Å². The molecule has 4 heteroatoms. The van der Waals surface area contributed by atoms with E-state index in [1.807, 2.05) is 0 Å². The molecule has 0 bridgehead atoms. The van der Waals surface area contributed by atoms with E-state index in [2.05, 4.69) is 0 Å². The zero-order chi connectivity index (χ0) is 12.3. The summed E-state index contributed by atoms with van der Waals surface area (Å²) in [5, 5.41) is 19.8. The Kier molecular flexibility index (Phi) is 3.78. The highest BCUT2D eigenvalue weighted by atomic mass is 16.5. The van der Waals surface area contributed by atoms with Gasteiger partial charge in [-0.1, -0.05) is 0 Å². The fraction of sp³-hybridized carbons (Fsp3) is 0.500. The molecule has 0 aliphatic rings. The van der Waals surface area contributed by atoms with Crippen molar-refractivity contribution >= 4 is 0 Å². The molecule has 0 fully saturated rings. The van der Waals surface area contributed by atoms with Gasteiger partial charge in [0.15, 0.2) is 0 Å². The van der Waals surface area contributed by atoms with Gasteiger partial charge in [0.2, 0.25) is 0 Å². The van der Waals surface area contributed by atoms with Crippen molar-refractivity contribution in [2.75, 3.05) is 14.2 Å². The van der Waals surface area contributed by atoms with Crippen molar-refractivity contribution < 1.29 is 19.7 Å². The Morgan fingerprint density at radius 3 is 2.25 bits per heavy atom. The molecule has 4 nitrogen and oxygen atoms in total. The highest BCUT2D eigenvalue weighted by Gasteiger charge is 2.28. The van der Waals surface area contributed by atoms with E-state index in [-0.39, 0.29) is 0 Å². The Bertz CT molecular complexity index is 355. The molecule has 0 aromatic heterocycles. The molecule has 0 aliphatic heterocycles. The minimum atomic E-state index is -1.24. The standard InChI is InChI=1S/C12H18O4/c1-12(2,14)11(13)9-7-8(15-3)5-6-10(9)16-4/h5-7,11,13-14H,1-4H3. The minimum Gasteiger partial charge on any atom is -0.497 e. The molecule has 0 heterocycles. The summed E-state index contributed by atoms with van der Waals surface area (Å²) in [5.74, 6) is 1.13. The molecule has 1 aromatic carbocycles. The average molecular weight is 226 g/mol. The first-order valence-corrected chi connectivity index (χ1v) is 5.02. The van der Waals surface area contributed by atoms with Crippen LogP contribution in [0.4, 0.5) is 0 Å². The van der Waals surface area contributed by atoms with Gasteiger partial charge in [0, 0.05) is 5.56 Å². The number of benzene rings is 1. The zero-order valence-electron chi connectivity index (χ0n) is 10.0. The lowest BCUT2D eigenvalue weighted by molar-refractivity contribution is -0.0506. The van der Waals surface area contributed by atoms with Crippen molar-refractivity contribution in [3.05, 3.63) is 23.8 Å². The quantitative estimate of drug-likeness (QED) is 0.817. The van der Waals surface area contributed by atoms with E-state index in [4.69, 9.17) is 9.47 Å². The third-order valence-electron chi connectivity index (χ3n) is 2.40. The van der Waals surface area contributed by atoms with Gasteiger partial charge in [-0.15, -0.1) is 0 Å². The summed E-state index contributed by atoms with van der Waals surface area (Å²) in [6.07, 6.45) is -1.03. The molecule has 0 saturated carbocycles. The Morgan fingerprint density at radius 2 is 1.81 bits per heavy atom. The van der Waals surface area contributed by atoms with Crippen molar-refractivity contribution in [3.8, 4) is 11.5 Å². The van der Waals surface area contributed by atoms with E-state index in [1.165, 1.54) is 21.0 Å². The lowest BCUT2D eigenvalue weighted by atomic mass is 9.94. The summed E-state index contributed by atoms with van der Waals surface area (Å²) < 4.78 is 10.2. The van der Waals surface area contributed by atoms with Crippen molar-refractivity contribution in [3.63, 3.8) is 0 Å². The van der Waals surface area contributed by atoms with Crippen LogP contribution in [0.1, 0.15) is 25.5 Å². The first kappa shape index (κ1) is 12.8. The average Bonchev–Trinajstić information content (AvgIpc) is 2.25. The molecule has 1 unspecified atom stereocenters. The molecule has 0 spiro atoms. The van der Waals surface area contributed by atoms with E-state index in [9.17, 15) is 10.2 Å². The lowest BCUT2D eigenvalue weighted by Crippen LogP contribution is -2.28. The second kappa shape index (κ2) is 4.72. The topological polar surface area (TPSA) is 58.9 Å². The number of rotatable bonds is 4. The van der Waals surface area contributed by atoms with Crippen molar-refractivity contribution in [2.45, 2.75) is 25.6 Å². The van der Waals surface area contributed by atoms with Gasteiger partial charge in [-0.05, 0) is 32.0 Å². The van der Waals surface area contributed by atoms with Crippen LogP contribution >= 0.6 is 0 Å². The molecule has 0 radical (unpaired) electrons. The van der Waals surface area contributed by atoms with Gasteiger partial charge in [0.05, 0.1) is 19.8 Å². The van der Waals surface area contributed by atoms with Gasteiger partial charge in [-0.3, -0.25) is 0 Å². The summed E-state index contributed by atoms with van der Waals surface area (Å²) >= 11 is 0. The van der Waals surface area contributed by atoms with Gasteiger partial charge >= 0.3 is 0 Å². The first-order valence-electron chi connectivity index (χ1n) is 5.02. The normalized spacial score (nSPS) is 13.4. The third kappa shape index (κ3) is 2.65. The number of methoxy groups -OCH3 is 2. The molecule has 90 valence electrons. The molecule has 1 aromatic rings. The maximum absolute atomic E-state index is 10.0. The second-order valence-electron chi connectivity index (χ2n) is 4.16. The monoisotopic (exact) mass is 226 g/mol. The fourth-order valence-corrected chi connectivity index (χ4v) is 1.43. The third-order valence-corrected chi connectivity index (χ3v) is 2.40. The Morgan fingerprint density at radius 1 is 1.19 bits per heavy atom. The maximum atomic E-state index is 10.0. The van der Waals surface area contributed by atoms with Crippen molar-refractivity contribution in [1.29, 1.82) is 0 Å². The van der Waals surface area contributed by atoms with Crippen LogP contribution in [0, 0.1) is 0 Å². The van der Waals surface area contributed by atoms with E-state index in [0.717, 1.165) is 0 Å². The van der Waals surface area contributed by atoms with E-state index in [0.29, 0.717) is 17.1 Å². The first-order chi connectivity index (χ1) is 7.40. The summed E-state index contributed by atoms with van der Waals surface area (Å²) in [7, 11) is 3.06. The van der Waals surface area contributed by atoms with E-state index in [1.54, 1.807) is 25.3 Å².